The summed E-state index contributed by atoms with van der Waals surface area (Å²) < 4.78 is 1.90. The average Bonchev–Trinajstić information content (AvgIpc) is 2.82. The number of nitrogens with zero attached hydrogens (tertiary/aromatic N) is 3. The fraction of sp³-hybridized carbons (Fsp3) is 0.727. The summed E-state index contributed by atoms with van der Waals surface area (Å²) in [5.41, 5.74) is 7.97. The van der Waals surface area contributed by atoms with Gasteiger partial charge in [0.1, 0.15) is 0 Å². The van der Waals surface area contributed by atoms with E-state index in [1.807, 2.05) is 11.7 Å². The van der Waals surface area contributed by atoms with E-state index in [-0.39, 0.29) is 0 Å². The second-order valence-electron chi connectivity index (χ2n) is 4.17. The maximum absolute atomic E-state index is 5.66. The standard InChI is InChI=1S/C11H20N4/c1-3-15-6-4-5-11(15)10-7-9(8-12)14(2)13-10/h7,11H,3-6,8,12H2,1-2H3. The van der Waals surface area contributed by atoms with Crippen molar-refractivity contribution in [3.63, 3.8) is 0 Å². The molecule has 2 rings (SSSR count). The van der Waals surface area contributed by atoms with E-state index >= 15 is 0 Å². The molecule has 1 saturated heterocycles. The highest BCUT2D eigenvalue weighted by molar-refractivity contribution is 5.15. The van der Waals surface area contributed by atoms with E-state index in [1.54, 1.807) is 0 Å². The van der Waals surface area contributed by atoms with Gasteiger partial charge in [-0.2, -0.15) is 5.10 Å². The van der Waals surface area contributed by atoms with Gasteiger partial charge in [-0.1, -0.05) is 6.92 Å². The van der Waals surface area contributed by atoms with Gasteiger partial charge in [-0.3, -0.25) is 9.58 Å². The topological polar surface area (TPSA) is 47.1 Å². The molecule has 1 fully saturated rings. The van der Waals surface area contributed by atoms with Crippen LogP contribution in [0.2, 0.25) is 0 Å². The fourth-order valence-corrected chi connectivity index (χ4v) is 2.42. The van der Waals surface area contributed by atoms with Crippen molar-refractivity contribution < 1.29 is 0 Å². The van der Waals surface area contributed by atoms with Gasteiger partial charge in [0, 0.05) is 13.6 Å². The number of nitrogens with two attached hydrogens (primary N) is 1. The highest BCUT2D eigenvalue weighted by atomic mass is 15.3. The summed E-state index contributed by atoms with van der Waals surface area (Å²) in [5.74, 6) is 0. The number of likely N-dealkylation sites (tertiary alicyclic amines) is 1. The van der Waals surface area contributed by atoms with Crippen LogP contribution in [0.3, 0.4) is 0 Å². The van der Waals surface area contributed by atoms with Crippen molar-refractivity contribution in [2.45, 2.75) is 32.4 Å². The smallest absolute Gasteiger partial charge is 0.0799 e. The maximum atomic E-state index is 5.66. The Morgan fingerprint density at radius 3 is 3.00 bits per heavy atom. The second kappa shape index (κ2) is 4.33. The Morgan fingerprint density at radius 2 is 2.40 bits per heavy atom. The maximum Gasteiger partial charge on any atom is 0.0799 e. The van der Waals surface area contributed by atoms with Crippen LogP contribution in [0, 0.1) is 0 Å². The molecule has 0 aliphatic carbocycles. The van der Waals surface area contributed by atoms with Crippen LogP contribution in [0.5, 0.6) is 0 Å². The molecule has 0 aromatic carbocycles. The SMILES string of the molecule is CCN1CCCC1c1cc(CN)n(C)n1. The number of rotatable bonds is 3. The molecule has 15 heavy (non-hydrogen) atoms. The lowest BCUT2D eigenvalue weighted by Gasteiger charge is -2.20. The molecule has 1 aromatic heterocycles. The fourth-order valence-electron chi connectivity index (χ4n) is 2.42. The van der Waals surface area contributed by atoms with Crippen LogP contribution in [-0.2, 0) is 13.6 Å². The lowest BCUT2D eigenvalue weighted by atomic mass is 10.1. The highest BCUT2D eigenvalue weighted by Gasteiger charge is 2.26. The van der Waals surface area contributed by atoms with Gasteiger partial charge < -0.3 is 5.73 Å². The van der Waals surface area contributed by atoms with Crippen molar-refractivity contribution >= 4 is 0 Å². The summed E-state index contributed by atoms with van der Waals surface area (Å²) in [4.78, 5) is 2.49. The van der Waals surface area contributed by atoms with E-state index < -0.39 is 0 Å². The Bertz CT molecular complexity index is 331. The van der Waals surface area contributed by atoms with Crippen LogP contribution < -0.4 is 5.73 Å². The number of hydrogen-bond acceptors (Lipinski definition) is 3. The first-order chi connectivity index (χ1) is 7.26. The van der Waals surface area contributed by atoms with Crippen molar-refractivity contribution in [3.8, 4) is 0 Å². The second-order valence-corrected chi connectivity index (χ2v) is 4.17. The van der Waals surface area contributed by atoms with Crippen LogP contribution in [0.25, 0.3) is 0 Å². The van der Waals surface area contributed by atoms with Crippen LogP contribution in [0.15, 0.2) is 6.07 Å². The molecule has 1 unspecified atom stereocenters. The first-order valence-corrected chi connectivity index (χ1v) is 5.73. The number of aryl methyl sites for hydroxylation is 1. The molecule has 2 heterocycles. The van der Waals surface area contributed by atoms with Gasteiger partial charge in [-0.15, -0.1) is 0 Å². The van der Waals surface area contributed by atoms with E-state index in [4.69, 9.17) is 5.73 Å². The molecular weight excluding hydrogens is 188 g/mol. The molecular formula is C11H20N4. The molecule has 84 valence electrons. The molecule has 0 amide bonds. The summed E-state index contributed by atoms with van der Waals surface area (Å²) in [6.07, 6.45) is 2.52. The minimum absolute atomic E-state index is 0.515. The van der Waals surface area contributed by atoms with Crippen LogP contribution >= 0.6 is 0 Å². The summed E-state index contributed by atoms with van der Waals surface area (Å²) in [5, 5.41) is 4.56. The molecule has 1 aliphatic heterocycles. The molecule has 1 aliphatic rings. The predicted molar refractivity (Wildman–Crippen MR) is 60.3 cm³/mol. The molecule has 2 N–H and O–H groups in total. The van der Waals surface area contributed by atoms with Gasteiger partial charge in [-0.25, -0.2) is 0 Å². The summed E-state index contributed by atoms with van der Waals surface area (Å²) in [7, 11) is 1.97. The lowest BCUT2D eigenvalue weighted by Crippen LogP contribution is -2.23. The van der Waals surface area contributed by atoms with Gasteiger partial charge in [-0.05, 0) is 32.0 Å². The van der Waals surface area contributed by atoms with E-state index in [0.717, 1.165) is 12.2 Å². The molecule has 4 heteroatoms. The third kappa shape index (κ3) is 1.92. The predicted octanol–water partition coefficient (Wildman–Crippen LogP) is 1.04. The minimum atomic E-state index is 0.515. The van der Waals surface area contributed by atoms with Crippen LogP contribution in [0.1, 0.15) is 37.2 Å². The first-order valence-electron chi connectivity index (χ1n) is 5.73. The molecule has 0 saturated carbocycles. The Morgan fingerprint density at radius 1 is 1.60 bits per heavy atom. The third-order valence-corrected chi connectivity index (χ3v) is 3.32. The molecule has 1 aromatic rings. The largest absolute Gasteiger partial charge is 0.325 e. The Kier molecular flexibility index (Phi) is 3.07. The monoisotopic (exact) mass is 208 g/mol. The highest BCUT2D eigenvalue weighted by Crippen LogP contribution is 2.30. The summed E-state index contributed by atoms with van der Waals surface area (Å²) in [6.45, 7) is 5.10. The molecule has 0 bridgehead atoms. The number of aromatic nitrogens is 2. The van der Waals surface area contributed by atoms with E-state index in [2.05, 4.69) is 23.0 Å². The van der Waals surface area contributed by atoms with Gasteiger partial charge in [0.15, 0.2) is 0 Å². The zero-order valence-corrected chi connectivity index (χ0v) is 9.61. The molecule has 4 nitrogen and oxygen atoms in total. The first kappa shape index (κ1) is 10.6. The zero-order valence-electron chi connectivity index (χ0n) is 9.61. The Balaban J connectivity index is 2.21. The van der Waals surface area contributed by atoms with Gasteiger partial charge in [0.2, 0.25) is 0 Å². The molecule has 0 spiro atoms. The Hall–Kier alpha value is -0.870. The van der Waals surface area contributed by atoms with Crippen LogP contribution in [0.4, 0.5) is 0 Å². The summed E-state index contributed by atoms with van der Waals surface area (Å²) in [6, 6.07) is 2.67. The normalized spacial score (nSPS) is 22.5. The van der Waals surface area contributed by atoms with Crippen molar-refractivity contribution in [2.75, 3.05) is 13.1 Å². The van der Waals surface area contributed by atoms with Gasteiger partial charge >= 0.3 is 0 Å². The number of hydrogen-bond donors (Lipinski definition) is 1. The van der Waals surface area contributed by atoms with Crippen molar-refractivity contribution in [1.82, 2.24) is 14.7 Å². The van der Waals surface area contributed by atoms with Crippen LogP contribution in [-0.4, -0.2) is 27.8 Å². The van der Waals surface area contributed by atoms with Gasteiger partial charge in [0.25, 0.3) is 0 Å². The van der Waals surface area contributed by atoms with Crippen molar-refractivity contribution in [2.24, 2.45) is 12.8 Å². The summed E-state index contributed by atoms with van der Waals surface area (Å²) >= 11 is 0. The average molecular weight is 208 g/mol. The molecule has 0 radical (unpaired) electrons. The van der Waals surface area contributed by atoms with Crippen molar-refractivity contribution in [1.29, 1.82) is 0 Å². The Labute approximate surface area is 91.1 Å². The quantitative estimate of drug-likeness (QED) is 0.807. The third-order valence-electron chi connectivity index (χ3n) is 3.32. The van der Waals surface area contributed by atoms with E-state index in [0.29, 0.717) is 12.6 Å². The van der Waals surface area contributed by atoms with E-state index in [9.17, 15) is 0 Å². The minimum Gasteiger partial charge on any atom is -0.325 e. The van der Waals surface area contributed by atoms with Crippen molar-refractivity contribution in [3.05, 3.63) is 17.5 Å². The molecule has 1 atom stereocenters. The van der Waals surface area contributed by atoms with Gasteiger partial charge in [0.05, 0.1) is 17.4 Å². The van der Waals surface area contributed by atoms with E-state index in [1.165, 1.54) is 25.1 Å². The zero-order chi connectivity index (χ0) is 10.8. The lowest BCUT2D eigenvalue weighted by molar-refractivity contribution is 0.266.